The van der Waals surface area contributed by atoms with Crippen LogP contribution in [0.25, 0.3) is 5.76 Å². The Morgan fingerprint density at radius 3 is 2.54 bits per heavy atom. The number of hydrogen-bond acceptors (Lipinski definition) is 6. The molecule has 0 saturated heterocycles. The third-order valence-corrected chi connectivity index (χ3v) is 3.91. The van der Waals surface area contributed by atoms with Gasteiger partial charge in [0.2, 0.25) is 5.78 Å². The Balaban J connectivity index is 1.70. The van der Waals surface area contributed by atoms with Gasteiger partial charge >= 0.3 is 5.97 Å². The molecule has 3 aromatic rings. The van der Waals surface area contributed by atoms with Gasteiger partial charge in [0.25, 0.3) is 0 Å². The second kappa shape index (κ2) is 8.30. The molecular weight excluding hydrogens is 365 g/mol. The number of aliphatic hydroxyl groups is 1. The number of aromatic nitrogens is 1. The summed E-state index contributed by atoms with van der Waals surface area (Å²) < 4.78 is 23.0. The van der Waals surface area contributed by atoms with Gasteiger partial charge in [-0.3, -0.25) is 9.78 Å². The summed E-state index contributed by atoms with van der Waals surface area (Å²) in [5.41, 5.74) is 1.18. The highest BCUT2D eigenvalue weighted by Crippen LogP contribution is 2.17. The van der Waals surface area contributed by atoms with E-state index in [1.807, 2.05) is 0 Å². The molecule has 28 heavy (non-hydrogen) atoms. The lowest BCUT2D eigenvalue weighted by Gasteiger charge is -2.01. The van der Waals surface area contributed by atoms with Gasteiger partial charge in [-0.05, 0) is 42.0 Å². The molecule has 1 aromatic carbocycles. The third kappa shape index (κ3) is 4.50. The predicted molar refractivity (Wildman–Crippen MR) is 98.4 cm³/mol. The fourth-order valence-electron chi connectivity index (χ4n) is 2.46. The van der Waals surface area contributed by atoms with E-state index in [2.05, 4.69) is 9.72 Å². The third-order valence-electron chi connectivity index (χ3n) is 3.91. The van der Waals surface area contributed by atoms with E-state index in [9.17, 15) is 19.1 Å². The van der Waals surface area contributed by atoms with E-state index < -0.39 is 11.8 Å². The van der Waals surface area contributed by atoms with Gasteiger partial charge in [-0.25, -0.2) is 9.18 Å². The van der Waals surface area contributed by atoms with E-state index >= 15 is 0 Å². The number of allylic oxidation sites excluding steroid dienone is 1. The standard InChI is InChI=1S/C21H16FNO5/c1-27-21(26)14-4-8-17(23-12-14)18(24)11-19(25)20-9-7-16(28-20)10-13-2-5-15(22)6-3-13/h2-9,11-12,24H,10H2,1H3. The number of ketones is 1. The molecular formula is C21H16FNO5. The first-order chi connectivity index (χ1) is 13.5. The number of nitrogens with zero attached hydrogens (tertiary/aromatic N) is 1. The van der Waals surface area contributed by atoms with Gasteiger partial charge in [-0.2, -0.15) is 0 Å². The molecule has 3 rings (SSSR count). The Kier molecular flexibility index (Phi) is 5.64. The van der Waals surface area contributed by atoms with Crippen molar-refractivity contribution in [3.05, 3.63) is 95.0 Å². The highest BCUT2D eigenvalue weighted by atomic mass is 19.1. The number of pyridine rings is 1. The van der Waals surface area contributed by atoms with Crippen molar-refractivity contribution >= 4 is 17.5 Å². The molecule has 0 unspecified atom stereocenters. The summed E-state index contributed by atoms with van der Waals surface area (Å²) in [6.45, 7) is 0. The van der Waals surface area contributed by atoms with E-state index in [1.165, 1.54) is 43.6 Å². The molecule has 0 aliphatic carbocycles. The van der Waals surface area contributed by atoms with Crippen LogP contribution in [0.2, 0.25) is 0 Å². The maximum atomic E-state index is 13.0. The molecule has 0 aliphatic rings. The molecule has 0 fully saturated rings. The van der Waals surface area contributed by atoms with Crippen molar-refractivity contribution in [3.63, 3.8) is 0 Å². The van der Waals surface area contributed by atoms with Gasteiger partial charge in [0.15, 0.2) is 5.76 Å². The van der Waals surface area contributed by atoms with Crippen LogP contribution in [0.5, 0.6) is 0 Å². The SMILES string of the molecule is COC(=O)c1ccc(C(O)=CC(=O)c2ccc(Cc3ccc(F)cc3)o2)nc1. The molecule has 2 aromatic heterocycles. The Morgan fingerprint density at radius 2 is 1.89 bits per heavy atom. The van der Waals surface area contributed by atoms with Crippen LogP contribution >= 0.6 is 0 Å². The number of hydrogen-bond donors (Lipinski definition) is 1. The topological polar surface area (TPSA) is 89.6 Å². The highest BCUT2D eigenvalue weighted by Gasteiger charge is 2.13. The summed E-state index contributed by atoms with van der Waals surface area (Å²) in [6, 6.07) is 11.9. The van der Waals surface area contributed by atoms with Crippen LogP contribution in [-0.2, 0) is 11.2 Å². The second-order valence-corrected chi connectivity index (χ2v) is 5.89. The number of rotatable bonds is 6. The van der Waals surface area contributed by atoms with Crippen molar-refractivity contribution in [2.45, 2.75) is 6.42 Å². The van der Waals surface area contributed by atoms with Crippen molar-refractivity contribution in [2.75, 3.05) is 7.11 Å². The van der Waals surface area contributed by atoms with E-state index in [-0.39, 0.29) is 28.6 Å². The first-order valence-corrected chi connectivity index (χ1v) is 8.29. The average Bonchev–Trinajstić information content (AvgIpc) is 3.18. The molecule has 0 spiro atoms. The zero-order valence-corrected chi connectivity index (χ0v) is 14.9. The van der Waals surface area contributed by atoms with E-state index in [4.69, 9.17) is 4.42 Å². The van der Waals surface area contributed by atoms with E-state index in [1.54, 1.807) is 18.2 Å². The van der Waals surface area contributed by atoms with Gasteiger partial charge in [0.1, 0.15) is 23.0 Å². The summed E-state index contributed by atoms with van der Waals surface area (Å²) in [5, 5.41) is 10.1. The highest BCUT2D eigenvalue weighted by molar-refractivity contribution is 6.05. The fourth-order valence-corrected chi connectivity index (χ4v) is 2.46. The Bertz CT molecular complexity index is 1020. The van der Waals surface area contributed by atoms with Crippen LogP contribution in [0, 0.1) is 5.82 Å². The zero-order valence-electron chi connectivity index (χ0n) is 14.9. The normalized spacial score (nSPS) is 11.3. The number of carbonyl (C=O) groups excluding carboxylic acids is 2. The molecule has 0 amide bonds. The molecule has 1 N–H and O–H groups in total. The van der Waals surface area contributed by atoms with Gasteiger partial charge in [-0.15, -0.1) is 0 Å². The first kappa shape index (κ1) is 19.0. The lowest BCUT2D eigenvalue weighted by atomic mass is 10.1. The average molecular weight is 381 g/mol. The summed E-state index contributed by atoms with van der Waals surface area (Å²) >= 11 is 0. The molecule has 0 radical (unpaired) electrons. The first-order valence-electron chi connectivity index (χ1n) is 8.29. The number of aliphatic hydroxyl groups excluding tert-OH is 1. The molecule has 0 aliphatic heterocycles. The summed E-state index contributed by atoms with van der Waals surface area (Å²) in [6.07, 6.45) is 2.63. The Morgan fingerprint density at radius 1 is 1.14 bits per heavy atom. The predicted octanol–water partition coefficient (Wildman–Crippen LogP) is 3.97. The lowest BCUT2D eigenvalue weighted by Crippen LogP contribution is -2.03. The zero-order chi connectivity index (χ0) is 20.1. The lowest BCUT2D eigenvalue weighted by molar-refractivity contribution is 0.0600. The maximum Gasteiger partial charge on any atom is 0.339 e. The van der Waals surface area contributed by atoms with Crippen LogP contribution < -0.4 is 0 Å². The molecule has 0 atom stereocenters. The van der Waals surface area contributed by atoms with E-state index in [0.29, 0.717) is 12.2 Å². The number of methoxy groups -OCH3 is 1. The smallest absolute Gasteiger partial charge is 0.339 e. The molecule has 7 heteroatoms. The van der Waals surface area contributed by atoms with Crippen LogP contribution in [0.15, 0.2) is 65.2 Å². The molecule has 142 valence electrons. The monoisotopic (exact) mass is 381 g/mol. The number of esters is 1. The van der Waals surface area contributed by atoms with Crippen molar-refractivity contribution in [1.82, 2.24) is 4.98 Å². The van der Waals surface area contributed by atoms with Crippen molar-refractivity contribution < 1.29 is 28.2 Å². The van der Waals surface area contributed by atoms with Crippen LogP contribution in [0.3, 0.4) is 0 Å². The summed E-state index contributed by atoms with van der Waals surface area (Å²) in [7, 11) is 1.25. The van der Waals surface area contributed by atoms with Gasteiger partial charge in [-0.1, -0.05) is 12.1 Å². The van der Waals surface area contributed by atoms with Crippen molar-refractivity contribution in [2.24, 2.45) is 0 Å². The quantitative estimate of drug-likeness (QED) is 0.301. The van der Waals surface area contributed by atoms with Crippen LogP contribution in [-0.4, -0.2) is 29.0 Å². The summed E-state index contributed by atoms with van der Waals surface area (Å²) in [5.74, 6) is -1.20. The summed E-state index contributed by atoms with van der Waals surface area (Å²) in [4.78, 5) is 27.6. The van der Waals surface area contributed by atoms with Gasteiger partial charge < -0.3 is 14.3 Å². The molecule has 2 heterocycles. The van der Waals surface area contributed by atoms with Crippen molar-refractivity contribution in [3.8, 4) is 0 Å². The number of furan rings is 1. The van der Waals surface area contributed by atoms with Crippen molar-refractivity contribution in [1.29, 1.82) is 0 Å². The Labute approximate surface area is 159 Å². The minimum Gasteiger partial charge on any atom is -0.506 e. The minimum atomic E-state index is -0.553. The molecule has 6 nitrogen and oxygen atoms in total. The number of benzene rings is 1. The largest absolute Gasteiger partial charge is 0.506 e. The minimum absolute atomic E-state index is 0.0508. The number of halogens is 1. The van der Waals surface area contributed by atoms with Gasteiger partial charge in [0, 0.05) is 18.7 Å². The fraction of sp³-hybridized carbons (Fsp3) is 0.0952. The molecule has 0 saturated carbocycles. The second-order valence-electron chi connectivity index (χ2n) is 5.89. The number of ether oxygens (including phenoxy) is 1. The number of carbonyl (C=O) groups is 2. The Hall–Kier alpha value is -3.74. The molecule has 0 bridgehead atoms. The maximum absolute atomic E-state index is 13.0. The van der Waals surface area contributed by atoms with Crippen LogP contribution in [0.1, 0.15) is 37.9 Å². The van der Waals surface area contributed by atoms with Gasteiger partial charge in [0.05, 0.1) is 12.7 Å². The van der Waals surface area contributed by atoms with E-state index in [0.717, 1.165) is 11.6 Å². The van der Waals surface area contributed by atoms with Crippen LogP contribution in [0.4, 0.5) is 4.39 Å².